The van der Waals surface area contributed by atoms with Gasteiger partial charge in [-0.25, -0.2) is 9.18 Å². The molecule has 1 unspecified atom stereocenters. The maximum Gasteiger partial charge on any atom is 0.412 e. The first-order valence-electron chi connectivity index (χ1n) is 11.8. The molecule has 8 heteroatoms. The van der Waals surface area contributed by atoms with Gasteiger partial charge in [0.15, 0.2) is 0 Å². The minimum absolute atomic E-state index is 0.315. The first-order chi connectivity index (χ1) is 17.8. The molecule has 0 spiro atoms. The summed E-state index contributed by atoms with van der Waals surface area (Å²) in [6.07, 6.45) is 1.07. The fraction of sp³-hybridized carbons (Fsp3) is 0.207. The molecular weight excluding hydrogens is 532 g/mol. The van der Waals surface area contributed by atoms with Crippen molar-refractivity contribution >= 4 is 46.3 Å². The topological polar surface area (TPSA) is 47.6 Å². The quantitative estimate of drug-likeness (QED) is 0.247. The number of carbonyl (C=O) groups excluding carboxylic acids is 1. The Morgan fingerprint density at radius 1 is 1.03 bits per heavy atom. The van der Waals surface area contributed by atoms with Gasteiger partial charge in [0.05, 0.1) is 22.0 Å². The van der Waals surface area contributed by atoms with Gasteiger partial charge in [-0.2, -0.15) is 0 Å². The molecule has 1 amide bonds. The number of thiophene rings is 1. The fourth-order valence-electron chi connectivity index (χ4n) is 4.28. The SMILES string of the molecule is COc1cc(-c2sc(Cl)cc2NC(=O)OC(C)c2cc(F)ccc2Cl)ccc1-c1ccc(C2CC2)cc1. The number of amides is 1. The normalized spacial score (nSPS) is 13.8. The van der Waals surface area contributed by atoms with Crippen LogP contribution in [-0.4, -0.2) is 13.2 Å². The summed E-state index contributed by atoms with van der Waals surface area (Å²) in [6, 6.07) is 20.1. The summed E-state index contributed by atoms with van der Waals surface area (Å²) in [6.45, 7) is 1.63. The summed E-state index contributed by atoms with van der Waals surface area (Å²) in [5, 5.41) is 3.07. The summed E-state index contributed by atoms with van der Waals surface area (Å²) in [7, 11) is 1.64. The second-order valence-electron chi connectivity index (χ2n) is 8.94. The highest BCUT2D eigenvalue weighted by molar-refractivity contribution is 7.20. The van der Waals surface area contributed by atoms with E-state index in [9.17, 15) is 9.18 Å². The van der Waals surface area contributed by atoms with E-state index in [1.165, 1.54) is 47.9 Å². The van der Waals surface area contributed by atoms with Gasteiger partial charge >= 0.3 is 6.09 Å². The zero-order valence-electron chi connectivity index (χ0n) is 20.2. The van der Waals surface area contributed by atoms with Crippen LogP contribution in [0.2, 0.25) is 9.36 Å². The van der Waals surface area contributed by atoms with Crippen LogP contribution in [-0.2, 0) is 4.74 Å². The van der Waals surface area contributed by atoms with Gasteiger partial charge in [-0.15, -0.1) is 11.3 Å². The average molecular weight is 556 g/mol. The molecule has 0 radical (unpaired) electrons. The molecule has 0 saturated heterocycles. The van der Waals surface area contributed by atoms with Gasteiger partial charge in [0.2, 0.25) is 0 Å². The third kappa shape index (κ3) is 5.77. The average Bonchev–Trinajstić information content (AvgIpc) is 3.67. The van der Waals surface area contributed by atoms with Gasteiger partial charge in [0, 0.05) is 16.1 Å². The molecule has 1 fully saturated rings. The van der Waals surface area contributed by atoms with Gasteiger partial charge in [-0.3, -0.25) is 5.32 Å². The number of anilines is 1. The highest BCUT2D eigenvalue weighted by Crippen LogP contribution is 2.44. The number of methoxy groups -OCH3 is 1. The zero-order valence-corrected chi connectivity index (χ0v) is 22.5. The van der Waals surface area contributed by atoms with E-state index in [2.05, 4.69) is 29.6 Å². The van der Waals surface area contributed by atoms with E-state index in [0.717, 1.165) is 21.6 Å². The lowest BCUT2D eigenvalue weighted by molar-refractivity contribution is 0.121. The van der Waals surface area contributed by atoms with E-state index >= 15 is 0 Å². The van der Waals surface area contributed by atoms with Gasteiger partial charge in [-0.05, 0) is 72.7 Å². The van der Waals surface area contributed by atoms with E-state index in [0.29, 0.717) is 32.3 Å². The minimum atomic E-state index is -0.758. The van der Waals surface area contributed by atoms with Crippen molar-refractivity contribution in [2.75, 3.05) is 12.4 Å². The lowest BCUT2D eigenvalue weighted by atomic mass is 9.99. The predicted octanol–water partition coefficient (Wildman–Crippen LogP) is 9.72. The summed E-state index contributed by atoms with van der Waals surface area (Å²) in [5.41, 5.74) is 5.15. The maximum absolute atomic E-state index is 13.6. The van der Waals surface area contributed by atoms with Gasteiger partial charge in [0.25, 0.3) is 0 Å². The number of halogens is 3. The molecule has 0 aliphatic heterocycles. The van der Waals surface area contributed by atoms with Crippen molar-refractivity contribution in [3.8, 4) is 27.3 Å². The predicted molar refractivity (Wildman–Crippen MR) is 149 cm³/mol. The van der Waals surface area contributed by atoms with E-state index in [4.69, 9.17) is 32.7 Å². The van der Waals surface area contributed by atoms with E-state index < -0.39 is 18.0 Å². The van der Waals surface area contributed by atoms with Crippen molar-refractivity contribution in [3.63, 3.8) is 0 Å². The molecule has 1 saturated carbocycles. The van der Waals surface area contributed by atoms with Crippen LogP contribution in [0.3, 0.4) is 0 Å². The van der Waals surface area contributed by atoms with Crippen LogP contribution in [0, 0.1) is 5.82 Å². The van der Waals surface area contributed by atoms with Gasteiger partial charge in [0.1, 0.15) is 17.7 Å². The monoisotopic (exact) mass is 555 g/mol. The molecule has 1 heterocycles. The lowest BCUT2D eigenvalue weighted by Crippen LogP contribution is -2.16. The van der Waals surface area contributed by atoms with Crippen molar-refractivity contribution in [3.05, 3.63) is 93.0 Å². The molecule has 1 N–H and O–H groups in total. The third-order valence-electron chi connectivity index (χ3n) is 6.35. The fourth-order valence-corrected chi connectivity index (χ4v) is 5.73. The minimum Gasteiger partial charge on any atom is -0.496 e. The first-order valence-corrected chi connectivity index (χ1v) is 13.4. The van der Waals surface area contributed by atoms with E-state index in [1.807, 2.05) is 18.2 Å². The summed E-state index contributed by atoms with van der Waals surface area (Å²) >= 11 is 13.8. The second-order valence-corrected chi connectivity index (χ2v) is 11.0. The molecule has 3 aromatic carbocycles. The molecular formula is C29H24Cl2FNO3S. The smallest absolute Gasteiger partial charge is 0.412 e. The molecule has 37 heavy (non-hydrogen) atoms. The summed E-state index contributed by atoms with van der Waals surface area (Å²) in [4.78, 5) is 13.5. The molecule has 1 aliphatic carbocycles. The number of hydrogen-bond donors (Lipinski definition) is 1. The number of hydrogen-bond acceptors (Lipinski definition) is 4. The highest BCUT2D eigenvalue weighted by atomic mass is 35.5. The van der Waals surface area contributed by atoms with Crippen molar-refractivity contribution in [1.29, 1.82) is 0 Å². The molecule has 1 aromatic heterocycles. The number of ether oxygens (including phenoxy) is 2. The van der Waals surface area contributed by atoms with Crippen molar-refractivity contribution in [2.24, 2.45) is 0 Å². The number of benzene rings is 3. The molecule has 5 rings (SSSR count). The van der Waals surface area contributed by atoms with E-state index in [1.54, 1.807) is 20.1 Å². The molecule has 0 bridgehead atoms. The molecule has 4 nitrogen and oxygen atoms in total. The Morgan fingerprint density at radius 2 is 1.76 bits per heavy atom. The van der Waals surface area contributed by atoms with Crippen LogP contribution < -0.4 is 10.1 Å². The standard InChI is InChI=1S/C29H24Cl2FNO3S/c1-16(23-14-21(32)10-12-24(23)30)36-29(34)33-25-15-27(31)37-28(25)20-9-11-22(26(13-20)35-2)19-7-5-18(6-8-19)17-3-4-17/h5-17H,3-4H2,1-2H3,(H,33,34). The Morgan fingerprint density at radius 3 is 2.46 bits per heavy atom. The molecule has 1 aliphatic rings. The van der Waals surface area contributed by atoms with Crippen molar-refractivity contribution < 1.29 is 18.7 Å². The van der Waals surface area contributed by atoms with Crippen LogP contribution in [0.1, 0.15) is 42.9 Å². The number of rotatable bonds is 7. The second kappa shape index (κ2) is 10.7. The maximum atomic E-state index is 13.6. The van der Waals surface area contributed by atoms with Crippen LogP contribution in [0.25, 0.3) is 21.6 Å². The Labute approximate surface area is 229 Å². The number of carbonyl (C=O) groups is 1. The van der Waals surface area contributed by atoms with E-state index in [-0.39, 0.29) is 0 Å². The van der Waals surface area contributed by atoms with Crippen LogP contribution >= 0.6 is 34.5 Å². The Kier molecular flexibility index (Phi) is 7.43. The van der Waals surface area contributed by atoms with Crippen molar-refractivity contribution in [2.45, 2.75) is 31.8 Å². The molecule has 4 aromatic rings. The third-order valence-corrected chi connectivity index (χ3v) is 8.01. The van der Waals surface area contributed by atoms with Gasteiger partial charge in [-0.1, -0.05) is 59.6 Å². The lowest BCUT2D eigenvalue weighted by Gasteiger charge is -2.16. The Hall–Kier alpha value is -3.06. The van der Waals surface area contributed by atoms with Crippen LogP contribution in [0.15, 0.2) is 66.7 Å². The first kappa shape index (κ1) is 25.6. The number of nitrogens with one attached hydrogen (secondary N) is 1. The zero-order chi connectivity index (χ0) is 26.1. The van der Waals surface area contributed by atoms with Crippen LogP contribution in [0.4, 0.5) is 14.9 Å². The summed E-state index contributed by atoms with van der Waals surface area (Å²) in [5.74, 6) is 0.954. The van der Waals surface area contributed by atoms with Gasteiger partial charge < -0.3 is 9.47 Å². The van der Waals surface area contributed by atoms with Crippen molar-refractivity contribution in [1.82, 2.24) is 0 Å². The Bertz CT molecular complexity index is 1450. The largest absolute Gasteiger partial charge is 0.496 e. The highest BCUT2D eigenvalue weighted by Gasteiger charge is 2.23. The summed E-state index contributed by atoms with van der Waals surface area (Å²) < 4.78 is 25.3. The molecule has 1 atom stereocenters. The van der Waals surface area contributed by atoms with Crippen LogP contribution in [0.5, 0.6) is 5.75 Å². The molecule has 190 valence electrons. The Balaban J connectivity index is 1.36.